The van der Waals surface area contributed by atoms with E-state index in [0.717, 1.165) is 5.69 Å². The molecule has 26 heavy (non-hydrogen) atoms. The van der Waals surface area contributed by atoms with Gasteiger partial charge in [-0.3, -0.25) is 19.5 Å². The summed E-state index contributed by atoms with van der Waals surface area (Å²) in [6, 6.07) is 15.6. The van der Waals surface area contributed by atoms with Gasteiger partial charge in [-0.05, 0) is 29.9 Å². The quantitative estimate of drug-likeness (QED) is 0.423. The lowest BCUT2D eigenvalue weighted by molar-refractivity contribution is -0.384. The summed E-state index contributed by atoms with van der Waals surface area (Å²) < 4.78 is 2.09. The first-order valence-corrected chi connectivity index (χ1v) is 8.23. The van der Waals surface area contributed by atoms with Gasteiger partial charge in [0.1, 0.15) is 5.69 Å². The van der Waals surface area contributed by atoms with Gasteiger partial charge in [0.15, 0.2) is 4.77 Å². The third-order valence-corrected chi connectivity index (χ3v) is 4.20. The number of aromatic amines is 1. The van der Waals surface area contributed by atoms with E-state index in [1.165, 1.54) is 17.0 Å². The van der Waals surface area contributed by atoms with E-state index in [1.54, 1.807) is 29.9 Å². The number of H-pyrrole nitrogens is 1. The summed E-state index contributed by atoms with van der Waals surface area (Å²) in [6.45, 7) is 0.243. The Bertz CT molecular complexity index is 1010. The number of hydrogen-bond donors (Lipinski definition) is 1. The number of aromatic nitrogens is 2. The van der Waals surface area contributed by atoms with Crippen LogP contribution >= 0.6 is 12.2 Å². The predicted molar refractivity (Wildman–Crippen MR) is 99.8 cm³/mol. The lowest BCUT2D eigenvalue weighted by atomic mass is 10.2. The first-order chi connectivity index (χ1) is 12.5. The van der Waals surface area contributed by atoms with Crippen LogP contribution in [0.25, 0.3) is 5.69 Å². The fourth-order valence-electron chi connectivity index (χ4n) is 2.67. The summed E-state index contributed by atoms with van der Waals surface area (Å²) in [5.41, 5.74) is 1.85. The second-order valence-electron chi connectivity index (χ2n) is 5.74. The molecule has 8 heteroatoms. The number of imidazole rings is 1. The number of carbonyl (C=O) groups excluding carboxylic acids is 1. The first kappa shape index (κ1) is 17.6. The minimum absolute atomic E-state index is 0.00260. The molecular formula is C18H16N4O3S. The number of para-hydroxylation sites is 1. The van der Waals surface area contributed by atoms with Gasteiger partial charge in [-0.15, -0.1) is 0 Å². The Morgan fingerprint density at radius 2 is 1.96 bits per heavy atom. The molecule has 0 atom stereocenters. The molecule has 0 aliphatic rings. The van der Waals surface area contributed by atoms with Crippen molar-refractivity contribution in [1.82, 2.24) is 14.5 Å². The van der Waals surface area contributed by atoms with E-state index in [0.29, 0.717) is 16.0 Å². The van der Waals surface area contributed by atoms with Gasteiger partial charge in [-0.1, -0.05) is 30.3 Å². The Hall–Kier alpha value is -3.26. The molecule has 7 nitrogen and oxygen atoms in total. The van der Waals surface area contributed by atoms with Crippen molar-refractivity contribution in [2.45, 2.75) is 6.54 Å². The minimum atomic E-state index is -0.454. The lowest BCUT2D eigenvalue weighted by Crippen LogP contribution is -2.28. The highest BCUT2D eigenvalue weighted by molar-refractivity contribution is 7.71. The van der Waals surface area contributed by atoms with Crippen LogP contribution in [0, 0.1) is 14.9 Å². The number of carbonyl (C=O) groups is 1. The molecule has 1 N–H and O–H groups in total. The number of nitro benzene ring substituents is 1. The zero-order valence-electron chi connectivity index (χ0n) is 14.0. The van der Waals surface area contributed by atoms with Crippen LogP contribution in [0.1, 0.15) is 16.1 Å². The Morgan fingerprint density at radius 1 is 1.23 bits per heavy atom. The van der Waals surface area contributed by atoms with E-state index >= 15 is 0 Å². The fourth-order valence-corrected chi connectivity index (χ4v) is 2.93. The van der Waals surface area contributed by atoms with Gasteiger partial charge in [-0.25, -0.2) is 0 Å². The Balaban J connectivity index is 1.87. The zero-order chi connectivity index (χ0) is 18.7. The maximum absolute atomic E-state index is 12.9. The SMILES string of the molecule is CN(Cc1cccc([N+](=O)[O-])c1)C(=O)c1c[nH]c(=S)n1-c1ccccc1. The number of amides is 1. The standard InChI is InChI=1S/C18H16N4O3S/c1-20(12-13-6-5-9-15(10-13)22(24)25)17(23)16-11-19-18(26)21(16)14-7-3-2-4-8-14/h2-11H,12H2,1H3,(H,19,26). The molecule has 0 unspecified atom stereocenters. The van der Waals surface area contributed by atoms with Gasteiger partial charge in [0, 0.05) is 37.6 Å². The van der Waals surface area contributed by atoms with Crippen molar-refractivity contribution in [2.75, 3.05) is 7.05 Å². The van der Waals surface area contributed by atoms with Crippen LogP contribution in [0.2, 0.25) is 0 Å². The van der Waals surface area contributed by atoms with Crippen LogP contribution in [-0.4, -0.2) is 32.3 Å². The van der Waals surface area contributed by atoms with Crippen molar-refractivity contribution in [1.29, 1.82) is 0 Å². The number of nitrogens with zero attached hydrogens (tertiary/aromatic N) is 3. The van der Waals surface area contributed by atoms with E-state index in [4.69, 9.17) is 12.2 Å². The van der Waals surface area contributed by atoms with Crippen LogP contribution < -0.4 is 0 Å². The molecule has 0 aliphatic heterocycles. The molecule has 1 amide bonds. The molecule has 0 spiro atoms. The Kier molecular flexibility index (Phi) is 4.94. The van der Waals surface area contributed by atoms with Crippen LogP contribution in [0.5, 0.6) is 0 Å². The molecule has 2 aromatic carbocycles. The fraction of sp³-hybridized carbons (Fsp3) is 0.111. The molecule has 1 heterocycles. The first-order valence-electron chi connectivity index (χ1n) is 7.82. The smallest absolute Gasteiger partial charge is 0.272 e. The number of hydrogen-bond acceptors (Lipinski definition) is 4. The van der Waals surface area contributed by atoms with Crippen LogP contribution in [0.15, 0.2) is 60.8 Å². The average Bonchev–Trinajstić information content (AvgIpc) is 3.03. The molecule has 1 aromatic heterocycles. The van der Waals surface area contributed by atoms with E-state index < -0.39 is 4.92 Å². The summed E-state index contributed by atoms with van der Waals surface area (Å²) in [7, 11) is 1.65. The molecular weight excluding hydrogens is 352 g/mol. The molecule has 0 fully saturated rings. The second-order valence-corrected chi connectivity index (χ2v) is 6.12. The number of non-ortho nitro benzene ring substituents is 1. The van der Waals surface area contributed by atoms with E-state index in [2.05, 4.69) is 4.98 Å². The van der Waals surface area contributed by atoms with Gasteiger partial charge in [0.2, 0.25) is 0 Å². The third kappa shape index (κ3) is 3.55. The van der Waals surface area contributed by atoms with E-state index in [9.17, 15) is 14.9 Å². The number of nitro groups is 1. The van der Waals surface area contributed by atoms with Crippen LogP contribution in [0.3, 0.4) is 0 Å². The average molecular weight is 368 g/mol. The Labute approximate surface area is 154 Å². The maximum Gasteiger partial charge on any atom is 0.272 e. The normalized spacial score (nSPS) is 10.5. The van der Waals surface area contributed by atoms with Gasteiger partial charge in [-0.2, -0.15) is 0 Å². The number of benzene rings is 2. The van der Waals surface area contributed by atoms with Gasteiger partial charge in [0.25, 0.3) is 11.6 Å². The summed E-state index contributed by atoms with van der Waals surface area (Å²) in [5, 5.41) is 10.9. The molecule has 3 aromatic rings. The van der Waals surface area contributed by atoms with Crippen molar-refractivity contribution in [3.05, 3.63) is 86.9 Å². The second kappa shape index (κ2) is 7.32. The largest absolute Gasteiger partial charge is 0.336 e. The number of rotatable bonds is 5. The third-order valence-electron chi connectivity index (χ3n) is 3.90. The van der Waals surface area contributed by atoms with Gasteiger partial charge < -0.3 is 9.88 Å². The van der Waals surface area contributed by atoms with Crippen molar-refractivity contribution >= 4 is 23.8 Å². The van der Waals surface area contributed by atoms with E-state index in [1.807, 2.05) is 30.3 Å². The van der Waals surface area contributed by atoms with E-state index in [-0.39, 0.29) is 18.1 Å². The van der Waals surface area contributed by atoms with Crippen LogP contribution in [-0.2, 0) is 6.54 Å². The van der Waals surface area contributed by atoms with Crippen molar-refractivity contribution in [3.8, 4) is 5.69 Å². The highest BCUT2D eigenvalue weighted by Crippen LogP contribution is 2.17. The summed E-state index contributed by atoms with van der Waals surface area (Å²) in [5.74, 6) is -0.243. The van der Waals surface area contributed by atoms with Gasteiger partial charge in [0.05, 0.1) is 4.92 Å². The molecule has 0 aliphatic carbocycles. The maximum atomic E-state index is 12.9. The summed E-state index contributed by atoms with van der Waals surface area (Å²) >= 11 is 5.30. The topological polar surface area (TPSA) is 84.2 Å². The molecule has 132 valence electrons. The highest BCUT2D eigenvalue weighted by Gasteiger charge is 2.19. The minimum Gasteiger partial charge on any atom is -0.336 e. The number of nitrogens with one attached hydrogen (secondary N) is 1. The highest BCUT2D eigenvalue weighted by atomic mass is 32.1. The van der Waals surface area contributed by atoms with Crippen molar-refractivity contribution in [2.24, 2.45) is 0 Å². The monoisotopic (exact) mass is 368 g/mol. The molecule has 0 radical (unpaired) electrons. The molecule has 0 saturated carbocycles. The Morgan fingerprint density at radius 3 is 2.65 bits per heavy atom. The molecule has 0 saturated heterocycles. The zero-order valence-corrected chi connectivity index (χ0v) is 14.8. The summed E-state index contributed by atoms with van der Waals surface area (Å²) in [6.07, 6.45) is 1.57. The van der Waals surface area contributed by atoms with Crippen molar-refractivity contribution < 1.29 is 9.72 Å². The molecule has 0 bridgehead atoms. The molecule has 3 rings (SSSR count). The van der Waals surface area contributed by atoms with Gasteiger partial charge >= 0.3 is 0 Å². The van der Waals surface area contributed by atoms with Crippen molar-refractivity contribution in [3.63, 3.8) is 0 Å². The predicted octanol–water partition coefficient (Wildman–Crippen LogP) is 3.72. The van der Waals surface area contributed by atoms with Crippen LogP contribution in [0.4, 0.5) is 5.69 Å². The lowest BCUT2D eigenvalue weighted by Gasteiger charge is -2.18. The summed E-state index contributed by atoms with van der Waals surface area (Å²) in [4.78, 5) is 27.7.